The van der Waals surface area contributed by atoms with Gasteiger partial charge in [-0.15, -0.1) is 0 Å². The molecule has 0 aliphatic heterocycles. The van der Waals surface area contributed by atoms with Gasteiger partial charge in [0.15, 0.2) is 10.6 Å². The first-order chi connectivity index (χ1) is 13.2. The molecule has 0 saturated heterocycles. The smallest absolute Gasteiger partial charge is 0.268 e. The predicted molar refractivity (Wildman–Crippen MR) is 104 cm³/mol. The number of carbonyl (C=O) groups excluding carboxylic acids is 1. The van der Waals surface area contributed by atoms with Crippen molar-refractivity contribution in [3.63, 3.8) is 0 Å². The highest BCUT2D eigenvalue weighted by molar-refractivity contribution is 7.22. The molecule has 0 saturated carbocycles. The van der Waals surface area contributed by atoms with E-state index in [2.05, 4.69) is 10.3 Å². The van der Waals surface area contributed by atoms with Crippen molar-refractivity contribution < 1.29 is 9.21 Å². The number of fused-ring (bicyclic) bond motifs is 2. The molecule has 0 bridgehead atoms. The maximum atomic E-state index is 12.5. The second-order valence-electron chi connectivity index (χ2n) is 5.63. The van der Waals surface area contributed by atoms with Gasteiger partial charge in [-0.05, 0) is 30.3 Å². The second-order valence-corrected chi connectivity index (χ2v) is 6.66. The third-order valence-electron chi connectivity index (χ3n) is 3.89. The molecule has 4 aromatic rings. The van der Waals surface area contributed by atoms with E-state index in [1.807, 2.05) is 30.3 Å². The van der Waals surface area contributed by atoms with Gasteiger partial charge in [0.1, 0.15) is 23.5 Å². The molecule has 130 valence electrons. The zero-order chi connectivity index (χ0) is 18.8. The maximum absolute atomic E-state index is 12.5. The number of hydrogen-bond acceptors (Lipinski definition) is 6. The number of thiazole rings is 1. The lowest BCUT2D eigenvalue weighted by atomic mass is 10.1. The van der Waals surface area contributed by atoms with Crippen LogP contribution in [0.5, 0.6) is 0 Å². The first kappa shape index (κ1) is 16.7. The molecule has 2 heterocycles. The van der Waals surface area contributed by atoms with E-state index in [0.717, 1.165) is 10.2 Å². The third-order valence-corrected chi connectivity index (χ3v) is 4.84. The van der Waals surface area contributed by atoms with Gasteiger partial charge in [0.05, 0.1) is 21.2 Å². The highest BCUT2D eigenvalue weighted by Gasteiger charge is 2.14. The van der Waals surface area contributed by atoms with Crippen LogP contribution in [0.3, 0.4) is 0 Å². The summed E-state index contributed by atoms with van der Waals surface area (Å²) in [5.41, 5.74) is 0.812. The molecule has 0 atom stereocenters. The zero-order valence-electron chi connectivity index (χ0n) is 13.8. The van der Waals surface area contributed by atoms with Gasteiger partial charge in [0.25, 0.3) is 5.91 Å². The first-order valence-corrected chi connectivity index (χ1v) is 8.76. The molecule has 1 amide bonds. The molecule has 0 fully saturated rings. The molecule has 0 unspecified atom stereocenters. The average Bonchev–Trinajstić information content (AvgIpc) is 3.10. The summed E-state index contributed by atoms with van der Waals surface area (Å²) in [6.07, 6.45) is 2.47. The number of rotatable bonds is 3. The Morgan fingerprint density at radius 1 is 1.19 bits per heavy atom. The van der Waals surface area contributed by atoms with Crippen molar-refractivity contribution in [1.82, 2.24) is 4.98 Å². The molecule has 2 aromatic heterocycles. The Labute approximate surface area is 157 Å². The van der Waals surface area contributed by atoms with E-state index in [1.54, 1.807) is 24.3 Å². The minimum absolute atomic E-state index is 0.129. The zero-order valence-corrected chi connectivity index (χ0v) is 14.6. The highest BCUT2D eigenvalue weighted by Crippen LogP contribution is 2.25. The summed E-state index contributed by atoms with van der Waals surface area (Å²) >= 11 is 1.30. The van der Waals surface area contributed by atoms with Crippen molar-refractivity contribution in [3.8, 4) is 6.07 Å². The van der Waals surface area contributed by atoms with Gasteiger partial charge >= 0.3 is 0 Å². The summed E-state index contributed by atoms with van der Waals surface area (Å²) in [6, 6.07) is 16.1. The molecular weight excluding hydrogens is 362 g/mol. The summed E-state index contributed by atoms with van der Waals surface area (Å²) in [4.78, 5) is 29.3. The number of carbonyl (C=O) groups is 1. The Kier molecular flexibility index (Phi) is 4.24. The van der Waals surface area contributed by atoms with Gasteiger partial charge in [-0.1, -0.05) is 35.6 Å². The van der Waals surface area contributed by atoms with Gasteiger partial charge < -0.3 is 4.42 Å². The fraction of sp³-hybridized carbons (Fsp3) is 0. The fourth-order valence-corrected chi connectivity index (χ4v) is 3.45. The standard InChI is InChI=1S/C20H11N3O3S/c21-10-12(9-13-11-26-16-7-3-1-5-14(16)18(13)24)19(25)23-20-22-15-6-2-4-8-17(15)27-20/h1-9,11H,(H,22,23,25)/b12-9-. The summed E-state index contributed by atoms with van der Waals surface area (Å²) < 4.78 is 6.33. The van der Waals surface area contributed by atoms with Crippen LogP contribution in [0.25, 0.3) is 27.3 Å². The van der Waals surface area contributed by atoms with Crippen molar-refractivity contribution in [3.05, 3.63) is 76.2 Å². The van der Waals surface area contributed by atoms with E-state index >= 15 is 0 Å². The molecule has 7 heteroatoms. The normalized spacial score (nSPS) is 11.4. The van der Waals surface area contributed by atoms with Crippen LogP contribution in [0.1, 0.15) is 5.56 Å². The van der Waals surface area contributed by atoms with E-state index in [-0.39, 0.29) is 16.6 Å². The van der Waals surface area contributed by atoms with E-state index in [1.165, 1.54) is 23.7 Å². The minimum Gasteiger partial charge on any atom is -0.463 e. The Morgan fingerprint density at radius 3 is 2.78 bits per heavy atom. The van der Waals surface area contributed by atoms with Crippen LogP contribution in [0.2, 0.25) is 0 Å². The number of benzene rings is 2. The number of nitrogens with zero attached hydrogens (tertiary/aromatic N) is 2. The molecule has 0 aliphatic carbocycles. The molecule has 0 spiro atoms. The van der Waals surface area contributed by atoms with Gasteiger partial charge in [-0.25, -0.2) is 4.98 Å². The van der Waals surface area contributed by atoms with Crippen LogP contribution in [0, 0.1) is 11.3 Å². The largest absolute Gasteiger partial charge is 0.463 e. The number of amides is 1. The van der Waals surface area contributed by atoms with Gasteiger partial charge in [-0.3, -0.25) is 14.9 Å². The van der Waals surface area contributed by atoms with Gasteiger partial charge in [0.2, 0.25) is 0 Å². The Morgan fingerprint density at radius 2 is 1.96 bits per heavy atom. The minimum atomic E-state index is -0.635. The number of nitrogens with one attached hydrogen (secondary N) is 1. The number of nitriles is 1. The van der Waals surface area contributed by atoms with Gasteiger partial charge in [-0.2, -0.15) is 5.26 Å². The lowest BCUT2D eigenvalue weighted by molar-refractivity contribution is -0.112. The topological polar surface area (TPSA) is 96.0 Å². The predicted octanol–water partition coefficient (Wildman–Crippen LogP) is 3.95. The van der Waals surface area contributed by atoms with Crippen molar-refractivity contribution in [2.75, 3.05) is 5.32 Å². The highest BCUT2D eigenvalue weighted by atomic mass is 32.1. The molecular formula is C20H11N3O3S. The van der Waals surface area contributed by atoms with E-state index < -0.39 is 5.91 Å². The molecule has 4 rings (SSSR count). The van der Waals surface area contributed by atoms with Crippen molar-refractivity contribution in [2.24, 2.45) is 0 Å². The van der Waals surface area contributed by atoms with E-state index in [0.29, 0.717) is 16.1 Å². The second kappa shape index (κ2) is 6.86. The van der Waals surface area contributed by atoms with Crippen LogP contribution in [0.4, 0.5) is 5.13 Å². The summed E-state index contributed by atoms with van der Waals surface area (Å²) in [6.45, 7) is 0. The number of anilines is 1. The Hall–Kier alpha value is -3.76. The van der Waals surface area contributed by atoms with Crippen LogP contribution in [-0.4, -0.2) is 10.9 Å². The molecule has 0 radical (unpaired) electrons. The number of para-hydroxylation sites is 2. The molecule has 6 nitrogen and oxygen atoms in total. The average molecular weight is 373 g/mol. The Balaban J connectivity index is 1.67. The van der Waals surface area contributed by atoms with E-state index in [9.17, 15) is 14.9 Å². The van der Waals surface area contributed by atoms with Crippen LogP contribution < -0.4 is 10.7 Å². The SMILES string of the molecule is N#C/C(=C/c1coc2ccccc2c1=O)C(=O)Nc1nc2ccccc2s1. The summed E-state index contributed by atoms with van der Waals surface area (Å²) in [5.74, 6) is -0.635. The van der Waals surface area contributed by atoms with Crippen molar-refractivity contribution in [1.29, 1.82) is 5.26 Å². The molecule has 0 aliphatic rings. The lowest BCUT2D eigenvalue weighted by Gasteiger charge is -2.01. The number of aromatic nitrogens is 1. The first-order valence-electron chi connectivity index (χ1n) is 7.95. The van der Waals surface area contributed by atoms with Crippen LogP contribution >= 0.6 is 11.3 Å². The van der Waals surface area contributed by atoms with Gasteiger partial charge in [0, 0.05) is 0 Å². The summed E-state index contributed by atoms with van der Waals surface area (Å²) in [5, 5.41) is 12.7. The molecule has 2 aromatic carbocycles. The third kappa shape index (κ3) is 3.21. The van der Waals surface area contributed by atoms with Crippen molar-refractivity contribution in [2.45, 2.75) is 0 Å². The van der Waals surface area contributed by atoms with Crippen LogP contribution in [-0.2, 0) is 4.79 Å². The van der Waals surface area contributed by atoms with Crippen LogP contribution in [0.15, 0.2) is 69.6 Å². The quantitative estimate of drug-likeness (QED) is 0.433. The van der Waals surface area contributed by atoms with E-state index in [4.69, 9.17) is 4.42 Å². The lowest BCUT2D eigenvalue weighted by Crippen LogP contribution is -2.14. The molecule has 1 N–H and O–H groups in total. The number of hydrogen-bond donors (Lipinski definition) is 1. The monoisotopic (exact) mass is 373 g/mol. The fourth-order valence-electron chi connectivity index (χ4n) is 2.59. The molecule has 27 heavy (non-hydrogen) atoms. The van der Waals surface area contributed by atoms with Crippen molar-refractivity contribution >= 4 is 49.6 Å². The maximum Gasteiger partial charge on any atom is 0.268 e. The Bertz CT molecular complexity index is 1280. The summed E-state index contributed by atoms with van der Waals surface area (Å²) in [7, 11) is 0.